The van der Waals surface area contributed by atoms with Gasteiger partial charge in [0, 0.05) is 10.7 Å². The van der Waals surface area contributed by atoms with Crippen molar-refractivity contribution >= 4 is 22.5 Å². The first-order valence-electron chi connectivity index (χ1n) is 3.46. The fourth-order valence-electron chi connectivity index (χ4n) is 0.600. The van der Waals surface area contributed by atoms with Gasteiger partial charge in [0.1, 0.15) is 0 Å². The number of hydrogen-bond donors (Lipinski definition) is 0. The Kier molecular flexibility index (Phi) is 4.74. The van der Waals surface area contributed by atoms with E-state index in [1.54, 1.807) is 0 Å². The van der Waals surface area contributed by atoms with E-state index in [0.717, 1.165) is 0 Å². The van der Waals surface area contributed by atoms with Crippen molar-refractivity contribution in [2.24, 2.45) is 10.4 Å². The predicted molar refractivity (Wildman–Crippen MR) is 56.0 cm³/mol. The smallest absolute Gasteiger partial charge is 0.168 e. The monoisotopic (exact) mass is 205 g/mol. The third-order valence-electron chi connectivity index (χ3n) is 1.21. The molecule has 0 aromatic rings. The van der Waals surface area contributed by atoms with Crippen LogP contribution < -0.4 is 0 Å². The predicted octanol–water partition coefficient (Wildman–Crippen LogP) is 3.07. The zero-order valence-corrected chi connectivity index (χ0v) is 9.47. The van der Waals surface area contributed by atoms with Crippen molar-refractivity contribution in [2.45, 2.75) is 20.8 Å². The fraction of sp³-hybridized carbons (Fsp3) is 0.571. The highest BCUT2D eigenvalue weighted by Gasteiger charge is 2.23. The quantitative estimate of drug-likeness (QED) is 0.402. The molecule has 0 spiro atoms. The van der Waals surface area contributed by atoms with Crippen molar-refractivity contribution in [1.29, 1.82) is 0 Å². The summed E-state index contributed by atoms with van der Waals surface area (Å²) in [6.45, 7) is 9.14. The molecular formula is C7H13NO2P2. The highest BCUT2D eigenvalue weighted by atomic mass is 32.0. The number of ketones is 1. The Hall–Kier alpha value is -0.130. The Morgan fingerprint density at radius 3 is 2.25 bits per heavy atom. The topological polar surface area (TPSA) is 46.5 Å². The third kappa shape index (κ3) is 4.04. The van der Waals surface area contributed by atoms with E-state index in [2.05, 4.69) is 11.5 Å². The van der Waals surface area contributed by atoms with Gasteiger partial charge in [-0.3, -0.25) is 4.79 Å². The Bertz CT molecular complexity index is 208. The van der Waals surface area contributed by atoms with Gasteiger partial charge in [0.05, 0.1) is 8.42 Å². The molecule has 0 aliphatic carbocycles. The Labute approximate surface area is 75.9 Å². The Morgan fingerprint density at radius 2 is 1.92 bits per heavy atom. The molecule has 3 nitrogen and oxygen atoms in total. The van der Waals surface area contributed by atoms with E-state index in [1.165, 1.54) is 0 Å². The largest absolute Gasteiger partial charge is 0.294 e. The van der Waals surface area contributed by atoms with Crippen LogP contribution in [-0.4, -0.2) is 5.78 Å². The highest BCUT2D eigenvalue weighted by Crippen LogP contribution is 2.45. The Morgan fingerprint density at radius 1 is 1.42 bits per heavy atom. The van der Waals surface area contributed by atoms with E-state index in [0.29, 0.717) is 5.31 Å². The van der Waals surface area contributed by atoms with Crippen LogP contribution in [0.5, 0.6) is 0 Å². The summed E-state index contributed by atoms with van der Waals surface area (Å²) in [5, 5.41) is 0.528. The van der Waals surface area contributed by atoms with Gasteiger partial charge in [0.2, 0.25) is 0 Å². The van der Waals surface area contributed by atoms with Crippen LogP contribution in [0.2, 0.25) is 0 Å². The minimum atomic E-state index is -0.391. The number of nitrogens with zero attached hydrogens (tertiary/aromatic N) is 1. The second-order valence-electron chi connectivity index (χ2n) is 3.39. The molecule has 0 aromatic heterocycles. The third-order valence-corrected chi connectivity index (χ3v) is 3.45. The maximum atomic E-state index is 11.4. The van der Waals surface area contributed by atoms with Crippen molar-refractivity contribution in [3.05, 3.63) is 16.8 Å². The van der Waals surface area contributed by atoms with Gasteiger partial charge in [-0.25, -0.2) is 0 Å². The maximum Gasteiger partial charge on any atom is 0.168 e. The summed E-state index contributed by atoms with van der Waals surface area (Å²) < 4.78 is 0. The van der Waals surface area contributed by atoms with Crippen LogP contribution in [0.3, 0.4) is 0 Å². The summed E-state index contributed by atoms with van der Waals surface area (Å²) in [6, 6.07) is 0. The highest BCUT2D eigenvalue weighted by molar-refractivity contribution is 8.13. The van der Waals surface area contributed by atoms with Crippen LogP contribution in [0, 0.1) is 10.3 Å². The second-order valence-corrected chi connectivity index (χ2v) is 6.07. The number of carbonyl (C=O) groups is 1. The van der Waals surface area contributed by atoms with Crippen LogP contribution in [0.4, 0.5) is 0 Å². The first-order valence-corrected chi connectivity index (χ1v) is 6.41. The molecule has 0 radical (unpaired) electrons. The molecule has 0 N–H and O–H groups in total. The number of carbonyl (C=O) groups excluding carboxylic acids is 1. The molecule has 68 valence electrons. The number of hydrogen-bond acceptors (Lipinski definition) is 3. The molecule has 0 aromatic carbocycles. The SMILES string of the molecule is C=C(PPN=O)C(=O)C(C)(C)C. The summed E-state index contributed by atoms with van der Waals surface area (Å²) in [4.78, 5) is 24.0. The molecule has 0 rings (SSSR count). The molecule has 0 saturated carbocycles. The average Bonchev–Trinajstić information content (AvgIpc) is 1.97. The molecule has 5 heteroatoms. The van der Waals surface area contributed by atoms with Crippen LogP contribution in [0.15, 0.2) is 16.8 Å². The van der Waals surface area contributed by atoms with Gasteiger partial charge in [0.15, 0.2) is 5.78 Å². The molecule has 0 fully saturated rings. The van der Waals surface area contributed by atoms with Crippen LogP contribution in [-0.2, 0) is 4.79 Å². The lowest BCUT2D eigenvalue weighted by Crippen LogP contribution is -2.19. The first-order chi connectivity index (χ1) is 5.39. The van der Waals surface area contributed by atoms with E-state index >= 15 is 0 Å². The van der Waals surface area contributed by atoms with Crippen molar-refractivity contribution in [1.82, 2.24) is 0 Å². The molecule has 0 bridgehead atoms. The lowest BCUT2D eigenvalue weighted by Gasteiger charge is -2.17. The van der Waals surface area contributed by atoms with E-state index in [4.69, 9.17) is 0 Å². The molecular weight excluding hydrogens is 192 g/mol. The number of rotatable bonds is 4. The van der Waals surface area contributed by atoms with E-state index in [1.807, 2.05) is 20.8 Å². The van der Waals surface area contributed by atoms with Crippen molar-refractivity contribution in [2.75, 3.05) is 0 Å². The van der Waals surface area contributed by atoms with E-state index in [-0.39, 0.29) is 22.5 Å². The first kappa shape index (κ1) is 11.9. The zero-order valence-electron chi connectivity index (χ0n) is 7.47. The molecule has 0 heterocycles. The lowest BCUT2D eigenvalue weighted by molar-refractivity contribution is -0.121. The molecule has 0 amide bonds. The van der Waals surface area contributed by atoms with Gasteiger partial charge in [-0.2, -0.15) is 0 Å². The molecule has 12 heavy (non-hydrogen) atoms. The zero-order chi connectivity index (χ0) is 9.78. The normalized spacial score (nSPS) is 12.9. The number of allylic oxidation sites excluding steroid dienone is 1. The molecule has 0 saturated heterocycles. The van der Waals surface area contributed by atoms with Crippen LogP contribution >= 0.6 is 16.7 Å². The van der Waals surface area contributed by atoms with Gasteiger partial charge >= 0.3 is 0 Å². The van der Waals surface area contributed by atoms with Crippen LogP contribution in [0.1, 0.15) is 20.8 Å². The van der Waals surface area contributed by atoms with E-state index < -0.39 is 5.41 Å². The summed E-state index contributed by atoms with van der Waals surface area (Å²) in [7, 11) is 0.108. The minimum absolute atomic E-state index is 0.0250. The summed E-state index contributed by atoms with van der Waals surface area (Å²) in [5.74, 6) is 0.0250. The molecule has 2 atom stereocenters. The molecule has 0 aliphatic heterocycles. The number of nitroso groups, excluding NO2 is 1. The van der Waals surface area contributed by atoms with Gasteiger partial charge in [-0.15, -0.1) is 4.91 Å². The summed E-state index contributed by atoms with van der Waals surface area (Å²) in [6.07, 6.45) is 0. The van der Waals surface area contributed by atoms with Crippen LogP contribution in [0.25, 0.3) is 0 Å². The van der Waals surface area contributed by atoms with Crippen molar-refractivity contribution in [3.8, 4) is 0 Å². The van der Waals surface area contributed by atoms with E-state index in [9.17, 15) is 9.70 Å². The van der Waals surface area contributed by atoms with Gasteiger partial charge in [-0.05, 0) is 13.2 Å². The minimum Gasteiger partial charge on any atom is -0.294 e. The standard InChI is InChI=1S/C7H13NO2P2/c1-5(11-12-8-10)6(9)7(2,3)4/h11-12H,1H2,2-4H3. The second kappa shape index (κ2) is 4.79. The summed E-state index contributed by atoms with van der Waals surface area (Å²) in [5.41, 5.74) is -0.391. The lowest BCUT2D eigenvalue weighted by atomic mass is 9.91. The molecule has 2 unspecified atom stereocenters. The fourth-order valence-corrected chi connectivity index (χ4v) is 2.15. The van der Waals surface area contributed by atoms with Gasteiger partial charge in [0.25, 0.3) is 0 Å². The van der Waals surface area contributed by atoms with Gasteiger partial charge in [-0.1, -0.05) is 27.4 Å². The average molecular weight is 205 g/mol. The van der Waals surface area contributed by atoms with Crippen molar-refractivity contribution < 1.29 is 4.79 Å². The number of Topliss-reactive ketones (excluding diaryl/α,β-unsaturated/α-hetero) is 1. The molecule has 0 aliphatic rings. The van der Waals surface area contributed by atoms with Gasteiger partial charge < -0.3 is 0 Å². The Balaban J connectivity index is 4.12. The summed E-state index contributed by atoms with van der Waals surface area (Å²) >= 11 is 0. The van der Waals surface area contributed by atoms with Crippen molar-refractivity contribution in [3.63, 3.8) is 0 Å². The maximum absolute atomic E-state index is 11.4.